The fourth-order valence-electron chi connectivity index (χ4n) is 2.26. The molecule has 0 atom stereocenters. The fraction of sp³-hybridized carbons (Fsp3) is 0.571. The summed E-state index contributed by atoms with van der Waals surface area (Å²) in [6.07, 6.45) is 1.14. The van der Waals surface area contributed by atoms with Gasteiger partial charge in [-0.3, -0.25) is 0 Å². The molecular formula is C14H22N2O. The smallest absolute Gasteiger partial charge is 0.0713 e. The highest BCUT2D eigenvalue weighted by Gasteiger charge is 2.08. The predicted octanol–water partition coefficient (Wildman–Crippen LogP) is 1.28. The van der Waals surface area contributed by atoms with E-state index in [1.165, 1.54) is 24.2 Å². The predicted molar refractivity (Wildman–Crippen MR) is 70.2 cm³/mol. The summed E-state index contributed by atoms with van der Waals surface area (Å²) >= 11 is 0. The number of benzene rings is 1. The van der Waals surface area contributed by atoms with Gasteiger partial charge in [0, 0.05) is 39.8 Å². The Morgan fingerprint density at radius 1 is 1.24 bits per heavy atom. The topological polar surface area (TPSA) is 24.5 Å². The number of ether oxygens (including phenoxy) is 1. The summed E-state index contributed by atoms with van der Waals surface area (Å²) in [5.74, 6) is 0. The third kappa shape index (κ3) is 4.11. The first-order chi connectivity index (χ1) is 8.38. The molecule has 17 heavy (non-hydrogen) atoms. The number of hydrogen-bond acceptors (Lipinski definition) is 3. The van der Waals surface area contributed by atoms with E-state index in [0.717, 1.165) is 26.1 Å². The van der Waals surface area contributed by atoms with Gasteiger partial charge in [-0.2, -0.15) is 0 Å². The van der Waals surface area contributed by atoms with Gasteiger partial charge in [-0.05, 0) is 17.5 Å². The summed E-state index contributed by atoms with van der Waals surface area (Å²) in [4.78, 5) is 2.53. The van der Waals surface area contributed by atoms with Gasteiger partial charge in [0.2, 0.25) is 0 Å². The van der Waals surface area contributed by atoms with Crippen LogP contribution in [0.5, 0.6) is 0 Å². The zero-order valence-corrected chi connectivity index (χ0v) is 10.6. The van der Waals surface area contributed by atoms with Gasteiger partial charge >= 0.3 is 0 Å². The molecule has 0 saturated carbocycles. The van der Waals surface area contributed by atoms with Crippen LogP contribution in [-0.4, -0.2) is 44.7 Å². The van der Waals surface area contributed by atoms with E-state index < -0.39 is 0 Å². The summed E-state index contributed by atoms with van der Waals surface area (Å²) in [6, 6.07) is 8.71. The average Bonchev–Trinajstić information content (AvgIpc) is 2.39. The zero-order chi connectivity index (χ0) is 11.9. The number of rotatable bonds is 5. The average molecular weight is 234 g/mol. The van der Waals surface area contributed by atoms with Gasteiger partial charge < -0.3 is 15.0 Å². The third-order valence-corrected chi connectivity index (χ3v) is 3.23. The summed E-state index contributed by atoms with van der Waals surface area (Å²) in [5, 5.41) is 3.38. The molecular weight excluding hydrogens is 212 g/mol. The molecule has 1 aliphatic heterocycles. The molecule has 0 aliphatic carbocycles. The van der Waals surface area contributed by atoms with Gasteiger partial charge in [0.1, 0.15) is 0 Å². The highest BCUT2D eigenvalue weighted by molar-refractivity contribution is 5.23. The Balaban J connectivity index is 1.83. The molecule has 1 heterocycles. The summed E-state index contributed by atoms with van der Waals surface area (Å²) in [5.41, 5.74) is 2.68. The molecule has 94 valence electrons. The highest BCUT2D eigenvalue weighted by Crippen LogP contribution is 2.08. The number of nitrogens with zero attached hydrogens (tertiary/aromatic N) is 1. The molecule has 3 heteroatoms. The van der Waals surface area contributed by atoms with E-state index in [9.17, 15) is 0 Å². The van der Waals surface area contributed by atoms with Gasteiger partial charge in [0.15, 0.2) is 0 Å². The molecule has 0 bridgehead atoms. The molecule has 1 aromatic carbocycles. The molecule has 1 saturated heterocycles. The van der Waals surface area contributed by atoms with Crippen LogP contribution >= 0.6 is 0 Å². The Bertz CT molecular complexity index is 335. The van der Waals surface area contributed by atoms with Crippen molar-refractivity contribution in [1.29, 1.82) is 0 Å². The van der Waals surface area contributed by atoms with Crippen LogP contribution in [0.25, 0.3) is 0 Å². The Labute approximate surface area is 104 Å². The monoisotopic (exact) mass is 234 g/mol. The summed E-state index contributed by atoms with van der Waals surface area (Å²) in [7, 11) is 1.74. The number of methoxy groups -OCH3 is 1. The van der Waals surface area contributed by atoms with Crippen molar-refractivity contribution in [3.05, 3.63) is 35.4 Å². The quantitative estimate of drug-likeness (QED) is 0.830. The molecule has 1 aromatic rings. The van der Waals surface area contributed by atoms with Crippen molar-refractivity contribution >= 4 is 0 Å². The maximum Gasteiger partial charge on any atom is 0.0713 e. The van der Waals surface area contributed by atoms with E-state index >= 15 is 0 Å². The maximum atomic E-state index is 5.16. The van der Waals surface area contributed by atoms with Crippen LogP contribution in [0.15, 0.2) is 24.3 Å². The van der Waals surface area contributed by atoms with E-state index in [-0.39, 0.29) is 0 Å². The van der Waals surface area contributed by atoms with E-state index in [1.807, 2.05) is 0 Å². The normalized spacial score (nSPS) is 17.2. The molecule has 0 spiro atoms. The van der Waals surface area contributed by atoms with Crippen molar-refractivity contribution < 1.29 is 4.74 Å². The van der Waals surface area contributed by atoms with Crippen LogP contribution in [0.4, 0.5) is 0 Å². The zero-order valence-electron chi connectivity index (χ0n) is 10.6. The highest BCUT2D eigenvalue weighted by atomic mass is 16.5. The molecule has 0 unspecified atom stereocenters. The van der Waals surface area contributed by atoms with Gasteiger partial charge in [0.25, 0.3) is 0 Å². The second kappa shape index (κ2) is 6.74. The molecule has 1 aliphatic rings. The van der Waals surface area contributed by atoms with Crippen molar-refractivity contribution in [1.82, 2.24) is 10.2 Å². The molecule has 0 amide bonds. The van der Waals surface area contributed by atoms with E-state index in [0.29, 0.717) is 6.61 Å². The largest absolute Gasteiger partial charge is 0.380 e. The lowest BCUT2D eigenvalue weighted by Gasteiger charge is -2.27. The van der Waals surface area contributed by atoms with Crippen LogP contribution in [0.3, 0.4) is 0 Å². The first kappa shape index (κ1) is 12.6. The lowest BCUT2D eigenvalue weighted by molar-refractivity contribution is 0.185. The van der Waals surface area contributed by atoms with Crippen molar-refractivity contribution in [3.63, 3.8) is 0 Å². The van der Waals surface area contributed by atoms with Crippen LogP contribution in [0.2, 0.25) is 0 Å². The Kier molecular flexibility index (Phi) is 4.98. The van der Waals surface area contributed by atoms with E-state index in [1.54, 1.807) is 7.11 Å². The Hall–Kier alpha value is -0.900. The maximum absolute atomic E-state index is 5.16. The van der Waals surface area contributed by atoms with Crippen molar-refractivity contribution in [2.24, 2.45) is 0 Å². The number of hydrogen-bond donors (Lipinski definition) is 1. The molecule has 2 rings (SSSR count). The first-order valence-corrected chi connectivity index (χ1v) is 6.38. The lowest BCUT2D eigenvalue weighted by Crippen LogP contribution is -2.44. The molecule has 0 radical (unpaired) electrons. The minimum Gasteiger partial charge on any atom is -0.380 e. The molecule has 1 fully saturated rings. The number of piperazine rings is 1. The van der Waals surface area contributed by atoms with Gasteiger partial charge in [-0.1, -0.05) is 24.3 Å². The van der Waals surface area contributed by atoms with Crippen molar-refractivity contribution in [3.8, 4) is 0 Å². The van der Waals surface area contributed by atoms with Gasteiger partial charge in [-0.15, -0.1) is 0 Å². The third-order valence-electron chi connectivity index (χ3n) is 3.23. The minimum absolute atomic E-state index is 0.710. The van der Waals surface area contributed by atoms with Crippen LogP contribution in [0, 0.1) is 0 Å². The fourth-order valence-corrected chi connectivity index (χ4v) is 2.26. The standard InChI is InChI=1S/C14H22N2O/c1-17-12-14-4-2-3-13(11-14)5-8-16-9-6-15-7-10-16/h2-4,11,15H,5-10,12H2,1H3. The minimum atomic E-state index is 0.710. The van der Waals surface area contributed by atoms with E-state index in [4.69, 9.17) is 4.74 Å². The Morgan fingerprint density at radius 2 is 2.00 bits per heavy atom. The number of nitrogens with one attached hydrogen (secondary N) is 1. The van der Waals surface area contributed by atoms with E-state index in [2.05, 4.69) is 34.5 Å². The molecule has 0 aromatic heterocycles. The molecule has 1 N–H and O–H groups in total. The lowest BCUT2D eigenvalue weighted by atomic mass is 10.1. The SMILES string of the molecule is COCc1cccc(CCN2CCNCC2)c1. The summed E-state index contributed by atoms with van der Waals surface area (Å²) < 4.78 is 5.16. The van der Waals surface area contributed by atoms with Gasteiger partial charge in [0.05, 0.1) is 6.61 Å². The summed E-state index contributed by atoms with van der Waals surface area (Å²) in [6.45, 7) is 6.49. The molecule has 3 nitrogen and oxygen atoms in total. The van der Waals surface area contributed by atoms with Crippen molar-refractivity contribution in [2.45, 2.75) is 13.0 Å². The first-order valence-electron chi connectivity index (χ1n) is 6.38. The van der Waals surface area contributed by atoms with Crippen molar-refractivity contribution in [2.75, 3.05) is 39.8 Å². The van der Waals surface area contributed by atoms with Gasteiger partial charge in [-0.25, -0.2) is 0 Å². The Morgan fingerprint density at radius 3 is 2.76 bits per heavy atom. The second-order valence-electron chi connectivity index (χ2n) is 4.59. The van der Waals surface area contributed by atoms with Crippen LogP contribution in [0.1, 0.15) is 11.1 Å². The van der Waals surface area contributed by atoms with Crippen LogP contribution < -0.4 is 5.32 Å². The van der Waals surface area contributed by atoms with Crippen LogP contribution in [-0.2, 0) is 17.8 Å². The second-order valence-corrected chi connectivity index (χ2v) is 4.59.